The van der Waals surface area contributed by atoms with Gasteiger partial charge in [0.15, 0.2) is 17.3 Å². The summed E-state index contributed by atoms with van der Waals surface area (Å²) in [6, 6.07) is 10.5. The summed E-state index contributed by atoms with van der Waals surface area (Å²) in [6.45, 7) is 4.85. The van der Waals surface area contributed by atoms with Gasteiger partial charge in [-0.05, 0) is 25.5 Å². The largest absolute Gasteiger partial charge is 0.493 e. The molecule has 4 rings (SSSR count). The number of anilines is 2. The second-order valence-corrected chi connectivity index (χ2v) is 8.85. The van der Waals surface area contributed by atoms with Crippen LogP contribution in [0.15, 0.2) is 36.4 Å². The van der Waals surface area contributed by atoms with Gasteiger partial charge in [-0.1, -0.05) is 30.3 Å². The summed E-state index contributed by atoms with van der Waals surface area (Å²) in [4.78, 5) is 25.8. The number of methoxy groups -OCH3 is 2. The second kappa shape index (κ2) is 11.1. The van der Waals surface area contributed by atoms with Gasteiger partial charge in [-0.2, -0.15) is 4.98 Å². The molecule has 1 unspecified atom stereocenters. The number of amides is 1. The highest BCUT2D eigenvalue weighted by molar-refractivity contribution is 5.92. The molecular weight excluding hydrogens is 487 g/mol. The Morgan fingerprint density at radius 2 is 1.83 bits per heavy atom. The zero-order chi connectivity index (χ0) is 25.3. The third-order valence-electron chi connectivity index (χ3n) is 6.48. The molecule has 0 aliphatic carbocycles. The first-order valence-corrected chi connectivity index (χ1v) is 11.5. The smallest absolute Gasteiger partial charge is 0.228 e. The molecule has 1 amide bonds. The number of hydrogen-bond donors (Lipinski definition) is 2. The number of carbonyl (C=O) groups is 1. The van der Waals surface area contributed by atoms with E-state index < -0.39 is 5.82 Å². The molecule has 11 heteroatoms. The van der Waals surface area contributed by atoms with Crippen LogP contribution in [0, 0.1) is 5.82 Å². The summed E-state index contributed by atoms with van der Waals surface area (Å²) in [5.74, 6) is -0.0756. The summed E-state index contributed by atoms with van der Waals surface area (Å²) in [6.07, 6.45) is 0.216. The molecule has 2 aromatic carbocycles. The van der Waals surface area contributed by atoms with Gasteiger partial charge in [-0.3, -0.25) is 4.79 Å². The van der Waals surface area contributed by atoms with Gasteiger partial charge >= 0.3 is 0 Å². The van der Waals surface area contributed by atoms with E-state index in [4.69, 9.17) is 20.9 Å². The first kappa shape index (κ1) is 27.2. The van der Waals surface area contributed by atoms with Gasteiger partial charge < -0.3 is 30.7 Å². The summed E-state index contributed by atoms with van der Waals surface area (Å²) in [5, 5.41) is 0.341. The molecule has 9 nitrogen and oxygen atoms in total. The minimum atomic E-state index is -0.665. The number of rotatable bonds is 6. The van der Waals surface area contributed by atoms with Crippen molar-refractivity contribution in [2.45, 2.75) is 38.4 Å². The first-order valence-electron chi connectivity index (χ1n) is 11.5. The molecule has 36 heavy (non-hydrogen) atoms. The predicted octanol–water partition coefficient (Wildman–Crippen LogP) is 3.31. The van der Waals surface area contributed by atoms with Crippen LogP contribution in [0.1, 0.15) is 31.9 Å². The lowest BCUT2D eigenvalue weighted by molar-refractivity contribution is -0.134. The maximum absolute atomic E-state index is 15.2. The molecule has 1 aromatic heterocycles. The predicted molar refractivity (Wildman–Crippen MR) is 140 cm³/mol. The zero-order valence-electron chi connectivity index (χ0n) is 20.8. The molecule has 0 radical (unpaired) electrons. The van der Waals surface area contributed by atoms with Crippen LogP contribution in [-0.4, -0.2) is 60.2 Å². The highest BCUT2D eigenvalue weighted by Gasteiger charge is 2.34. The average Bonchev–Trinajstić information content (AvgIpc) is 2.85. The van der Waals surface area contributed by atoms with Gasteiger partial charge in [0.2, 0.25) is 11.9 Å². The van der Waals surface area contributed by atoms with Crippen molar-refractivity contribution in [1.82, 2.24) is 14.9 Å². The average molecular weight is 519 g/mol. The van der Waals surface area contributed by atoms with E-state index in [1.807, 2.05) is 54.0 Å². The highest BCUT2D eigenvalue weighted by Crippen LogP contribution is 2.38. The van der Waals surface area contributed by atoms with E-state index in [0.717, 1.165) is 5.56 Å². The number of benzene rings is 2. The van der Waals surface area contributed by atoms with Crippen molar-refractivity contribution in [3.05, 3.63) is 47.8 Å². The molecule has 1 aliphatic heterocycles. The number of nitrogens with zero attached hydrogens (tertiary/aromatic N) is 4. The topological polar surface area (TPSA) is 120 Å². The fourth-order valence-electron chi connectivity index (χ4n) is 4.54. The van der Waals surface area contributed by atoms with E-state index in [2.05, 4.69) is 9.97 Å². The number of aromatic nitrogens is 2. The number of ether oxygens (including phenoxy) is 2. The van der Waals surface area contributed by atoms with Crippen molar-refractivity contribution in [3.8, 4) is 11.5 Å². The number of halogens is 2. The minimum absolute atomic E-state index is 0. The van der Waals surface area contributed by atoms with Crippen LogP contribution in [0.2, 0.25) is 0 Å². The minimum Gasteiger partial charge on any atom is -0.493 e. The quantitative estimate of drug-likeness (QED) is 0.510. The van der Waals surface area contributed by atoms with Gasteiger partial charge in [-0.15, -0.1) is 12.4 Å². The monoisotopic (exact) mass is 518 g/mol. The summed E-state index contributed by atoms with van der Waals surface area (Å²) >= 11 is 0. The Kier molecular flexibility index (Phi) is 8.42. The van der Waals surface area contributed by atoms with E-state index in [1.165, 1.54) is 14.2 Å². The van der Waals surface area contributed by atoms with Crippen molar-refractivity contribution >= 4 is 41.0 Å². The Balaban J connectivity index is 0.00000361. The maximum atomic E-state index is 15.2. The normalized spacial score (nSPS) is 18.5. The molecule has 1 saturated heterocycles. The number of fused-ring (bicyclic) bond motifs is 1. The van der Waals surface area contributed by atoms with Crippen molar-refractivity contribution in [1.29, 1.82) is 0 Å². The van der Waals surface area contributed by atoms with E-state index in [1.54, 1.807) is 6.07 Å². The standard InChI is InChI=1S/C25H31FN6O3.ClH/c1-14-13-32(15(2)12-31(14)20(33)11-18(27)16-8-6-5-7-9-16)25-29-22-17(24(28)30-25)10-19(34-3)23(35-4)21(22)26;/h5-10,14-15,18H,11-13,27H2,1-4H3,(H2,28,29,30);1H/t14-,15+,18?;/m1./s1. The molecule has 0 saturated carbocycles. The molecular formula is C25H32ClFN6O3. The Labute approximate surface area is 216 Å². The molecule has 194 valence electrons. The number of nitrogen functional groups attached to an aromatic ring is 1. The highest BCUT2D eigenvalue weighted by atomic mass is 35.5. The van der Waals surface area contributed by atoms with Crippen LogP contribution in [-0.2, 0) is 4.79 Å². The van der Waals surface area contributed by atoms with Gasteiger partial charge in [0, 0.05) is 43.0 Å². The van der Waals surface area contributed by atoms with Crippen LogP contribution in [0.25, 0.3) is 10.9 Å². The summed E-state index contributed by atoms with van der Waals surface area (Å²) in [5.41, 5.74) is 13.5. The number of piperazine rings is 1. The van der Waals surface area contributed by atoms with E-state index >= 15 is 4.39 Å². The molecule has 1 aliphatic rings. The van der Waals surface area contributed by atoms with E-state index in [-0.39, 0.29) is 65.7 Å². The zero-order valence-corrected chi connectivity index (χ0v) is 21.6. The molecule has 0 spiro atoms. The molecule has 0 bridgehead atoms. The van der Waals surface area contributed by atoms with Gasteiger partial charge in [0.1, 0.15) is 11.3 Å². The molecule has 3 atom stereocenters. The number of carbonyl (C=O) groups excluding carboxylic acids is 1. The van der Waals surface area contributed by atoms with Crippen LogP contribution in [0.5, 0.6) is 11.5 Å². The number of hydrogen-bond acceptors (Lipinski definition) is 8. The van der Waals surface area contributed by atoms with E-state index in [0.29, 0.717) is 24.4 Å². The Bertz CT molecular complexity index is 1230. The lowest BCUT2D eigenvalue weighted by atomic mass is 10.0. The fourth-order valence-corrected chi connectivity index (χ4v) is 4.54. The van der Waals surface area contributed by atoms with Crippen molar-refractivity contribution < 1.29 is 18.7 Å². The van der Waals surface area contributed by atoms with Gasteiger partial charge in [0.25, 0.3) is 0 Å². The second-order valence-electron chi connectivity index (χ2n) is 8.85. The molecule has 2 heterocycles. The third kappa shape index (κ3) is 5.10. The molecule has 4 N–H and O–H groups in total. The number of nitrogens with two attached hydrogens (primary N) is 2. The van der Waals surface area contributed by atoms with Gasteiger partial charge in [0.05, 0.1) is 14.2 Å². The molecule has 3 aromatic rings. The van der Waals surface area contributed by atoms with E-state index in [9.17, 15) is 4.79 Å². The SMILES string of the molecule is COc1cc2c(N)nc(N3C[C@@H](C)N(C(=O)CC(N)c4ccccc4)C[C@@H]3C)nc2c(F)c1OC.Cl. The lowest BCUT2D eigenvalue weighted by Crippen LogP contribution is -2.58. The van der Waals surface area contributed by atoms with Crippen molar-refractivity contribution in [3.63, 3.8) is 0 Å². The first-order chi connectivity index (χ1) is 16.7. The van der Waals surface area contributed by atoms with Gasteiger partial charge in [-0.25, -0.2) is 9.37 Å². The van der Waals surface area contributed by atoms with Crippen molar-refractivity contribution in [2.75, 3.05) is 37.9 Å². The van der Waals surface area contributed by atoms with Crippen LogP contribution in [0.4, 0.5) is 16.2 Å². The summed E-state index contributed by atoms with van der Waals surface area (Å²) in [7, 11) is 2.78. The van der Waals surface area contributed by atoms with Crippen LogP contribution in [0.3, 0.4) is 0 Å². The Morgan fingerprint density at radius 1 is 1.14 bits per heavy atom. The van der Waals surface area contributed by atoms with Crippen LogP contribution >= 0.6 is 12.4 Å². The lowest BCUT2D eigenvalue weighted by Gasteiger charge is -2.44. The third-order valence-corrected chi connectivity index (χ3v) is 6.48. The summed E-state index contributed by atoms with van der Waals surface area (Å²) < 4.78 is 25.6. The Morgan fingerprint density at radius 3 is 2.47 bits per heavy atom. The Hall–Kier alpha value is -3.37. The maximum Gasteiger partial charge on any atom is 0.228 e. The van der Waals surface area contributed by atoms with Crippen LogP contribution < -0.4 is 25.8 Å². The van der Waals surface area contributed by atoms with Crippen molar-refractivity contribution in [2.24, 2.45) is 5.73 Å². The molecule has 1 fully saturated rings. The fraction of sp³-hybridized carbons (Fsp3) is 0.400.